The molecule has 0 saturated heterocycles. The first-order chi connectivity index (χ1) is 13.2. The maximum Gasteiger partial charge on any atom is -0.00642 e. The van der Waals surface area contributed by atoms with Crippen LogP contribution in [0.15, 0.2) is 0 Å². The summed E-state index contributed by atoms with van der Waals surface area (Å²) < 4.78 is 0. The molecular weight excluding hydrogens is 348 g/mol. The van der Waals surface area contributed by atoms with Gasteiger partial charge in [-0.2, -0.15) is 0 Å². The maximum atomic E-state index is 2.47. The average Bonchev–Trinajstić information content (AvgIpc) is 2.59. The summed E-state index contributed by atoms with van der Waals surface area (Å²) in [6.45, 7) is 28.6. The van der Waals surface area contributed by atoms with Crippen molar-refractivity contribution in [1.82, 2.24) is 0 Å². The number of hydrogen-bond donors (Lipinski definition) is 0. The minimum atomic E-state index is 0.167. The van der Waals surface area contributed by atoms with E-state index in [1.165, 1.54) is 67.1 Å². The van der Waals surface area contributed by atoms with Crippen LogP contribution in [0.2, 0.25) is 0 Å². The van der Waals surface area contributed by atoms with Gasteiger partial charge in [0.05, 0.1) is 0 Å². The van der Waals surface area contributed by atoms with Crippen molar-refractivity contribution in [2.24, 2.45) is 0 Å². The number of benzene rings is 3. The zero-order chi connectivity index (χ0) is 21.8. The van der Waals surface area contributed by atoms with E-state index in [0.717, 1.165) is 0 Å². The van der Waals surface area contributed by atoms with Gasteiger partial charge in [0.2, 0.25) is 0 Å². The highest BCUT2D eigenvalue weighted by molar-refractivity contribution is 6.17. The van der Waals surface area contributed by atoms with Gasteiger partial charge in [-0.25, -0.2) is 0 Å². The second-order valence-electron chi connectivity index (χ2n) is 11.2. The number of rotatable bonds is 0. The van der Waals surface area contributed by atoms with Gasteiger partial charge in [0.1, 0.15) is 0 Å². The van der Waals surface area contributed by atoms with Crippen molar-refractivity contribution in [3.63, 3.8) is 0 Å². The van der Waals surface area contributed by atoms with Crippen LogP contribution in [0, 0.1) is 55.4 Å². The summed E-state index contributed by atoms with van der Waals surface area (Å²) in [5.41, 5.74) is 15.4. The van der Waals surface area contributed by atoms with Gasteiger partial charge in [0, 0.05) is 0 Å². The van der Waals surface area contributed by atoms with Crippen molar-refractivity contribution in [1.29, 1.82) is 0 Å². The van der Waals surface area contributed by atoms with Crippen molar-refractivity contribution in [3.05, 3.63) is 55.6 Å². The Hall–Kier alpha value is -1.82. The molecular formula is C29H38. The van der Waals surface area contributed by atoms with Crippen LogP contribution >= 0.6 is 0 Å². The Kier molecular flexibility index (Phi) is 4.14. The maximum absolute atomic E-state index is 2.47. The molecule has 0 heteroatoms. The fourth-order valence-corrected chi connectivity index (χ4v) is 7.10. The molecule has 0 saturated carbocycles. The summed E-state index contributed by atoms with van der Waals surface area (Å²) >= 11 is 0. The molecule has 29 heavy (non-hydrogen) atoms. The third kappa shape index (κ3) is 2.38. The zero-order valence-corrected chi connectivity index (χ0v) is 20.7. The summed E-state index contributed by atoms with van der Waals surface area (Å²) in [7, 11) is 0. The molecule has 0 bridgehead atoms. The highest BCUT2D eigenvalue weighted by Gasteiger charge is 2.42. The Balaban J connectivity index is 2.53. The van der Waals surface area contributed by atoms with Crippen LogP contribution in [0.5, 0.6) is 0 Å². The molecule has 0 N–H and O–H groups in total. The molecule has 3 aromatic carbocycles. The number of hydrogen-bond acceptors (Lipinski definition) is 0. The smallest absolute Gasteiger partial charge is 0.00642 e. The van der Waals surface area contributed by atoms with E-state index in [0.29, 0.717) is 0 Å². The zero-order valence-electron chi connectivity index (χ0n) is 20.7. The van der Waals surface area contributed by atoms with Crippen molar-refractivity contribution >= 4 is 21.5 Å². The van der Waals surface area contributed by atoms with Crippen LogP contribution in [0.1, 0.15) is 89.8 Å². The summed E-state index contributed by atoms with van der Waals surface area (Å²) in [6.07, 6.45) is 1.20. The van der Waals surface area contributed by atoms with Gasteiger partial charge in [-0.1, -0.05) is 27.7 Å². The third-order valence-electron chi connectivity index (χ3n) is 8.55. The molecule has 0 amide bonds. The van der Waals surface area contributed by atoms with Crippen molar-refractivity contribution in [2.75, 3.05) is 0 Å². The molecule has 0 nitrogen and oxygen atoms in total. The van der Waals surface area contributed by atoms with Gasteiger partial charge >= 0.3 is 0 Å². The summed E-state index contributed by atoms with van der Waals surface area (Å²) in [6, 6.07) is 0. The molecule has 0 radical (unpaired) electrons. The van der Waals surface area contributed by atoms with Gasteiger partial charge in [-0.3, -0.25) is 0 Å². The van der Waals surface area contributed by atoms with E-state index in [4.69, 9.17) is 0 Å². The molecule has 0 heterocycles. The first-order valence-electron chi connectivity index (χ1n) is 11.2. The fourth-order valence-electron chi connectivity index (χ4n) is 7.10. The molecule has 1 aliphatic rings. The lowest BCUT2D eigenvalue weighted by Crippen LogP contribution is -2.36. The normalized spacial score (nSPS) is 17.4. The van der Waals surface area contributed by atoms with Crippen molar-refractivity contribution in [3.8, 4) is 0 Å². The third-order valence-corrected chi connectivity index (χ3v) is 8.55. The second-order valence-corrected chi connectivity index (χ2v) is 11.2. The first-order valence-corrected chi connectivity index (χ1v) is 11.2. The van der Waals surface area contributed by atoms with Crippen LogP contribution in [-0.4, -0.2) is 0 Å². The molecule has 0 aliphatic heterocycles. The minimum Gasteiger partial charge on any atom is -0.0557 e. The topological polar surface area (TPSA) is 0 Å². The Labute approximate surface area is 177 Å². The molecule has 0 atom stereocenters. The SMILES string of the molecule is Cc1c(C)c(C)c2c(c1C)c(C)c1c3c(c(C)c(C)c(C)c32)C(C)(C)CC1(C)C. The number of aryl methyl sites for hydroxylation is 4. The molecule has 3 aromatic rings. The predicted octanol–water partition coefficient (Wildman–Crippen LogP) is 8.42. The lowest BCUT2D eigenvalue weighted by molar-refractivity contribution is 0.339. The summed E-state index contributed by atoms with van der Waals surface area (Å²) in [4.78, 5) is 0. The Bertz CT molecular complexity index is 1230. The molecule has 4 rings (SSSR count). The molecule has 0 spiro atoms. The lowest BCUT2D eigenvalue weighted by atomic mass is 9.58. The molecule has 0 fully saturated rings. The molecule has 154 valence electrons. The van der Waals surface area contributed by atoms with E-state index in [9.17, 15) is 0 Å². The van der Waals surface area contributed by atoms with Gasteiger partial charge in [0.25, 0.3) is 0 Å². The average molecular weight is 387 g/mol. The lowest BCUT2D eigenvalue weighted by Gasteiger charge is -2.45. The van der Waals surface area contributed by atoms with Crippen LogP contribution < -0.4 is 0 Å². The molecule has 0 unspecified atom stereocenters. The van der Waals surface area contributed by atoms with Crippen molar-refractivity contribution < 1.29 is 0 Å². The van der Waals surface area contributed by atoms with E-state index < -0.39 is 0 Å². The largest absolute Gasteiger partial charge is 0.0557 e. The predicted molar refractivity (Wildman–Crippen MR) is 130 cm³/mol. The summed E-state index contributed by atoms with van der Waals surface area (Å²) in [5.74, 6) is 0. The van der Waals surface area contributed by atoms with E-state index >= 15 is 0 Å². The van der Waals surface area contributed by atoms with Crippen LogP contribution in [0.3, 0.4) is 0 Å². The van der Waals surface area contributed by atoms with Gasteiger partial charge in [-0.15, -0.1) is 0 Å². The van der Waals surface area contributed by atoms with Gasteiger partial charge in [0.15, 0.2) is 0 Å². The monoisotopic (exact) mass is 386 g/mol. The van der Waals surface area contributed by atoms with Gasteiger partial charge in [-0.05, 0) is 150 Å². The Morgan fingerprint density at radius 2 is 0.724 bits per heavy atom. The molecule has 0 aromatic heterocycles. The first kappa shape index (κ1) is 20.5. The van der Waals surface area contributed by atoms with E-state index in [1.807, 2.05) is 0 Å². The highest BCUT2D eigenvalue weighted by Crippen LogP contribution is 2.55. The quantitative estimate of drug-likeness (QED) is 0.340. The van der Waals surface area contributed by atoms with E-state index in [-0.39, 0.29) is 10.8 Å². The van der Waals surface area contributed by atoms with Crippen LogP contribution in [0.25, 0.3) is 21.5 Å². The van der Waals surface area contributed by atoms with Crippen LogP contribution in [-0.2, 0) is 10.8 Å². The highest BCUT2D eigenvalue weighted by atomic mass is 14.5. The fraction of sp³-hybridized carbons (Fsp3) is 0.517. The Morgan fingerprint density at radius 1 is 0.379 bits per heavy atom. The van der Waals surface area contributed by atoms with E-state index in [2.05, 4.69) is 83.1 Å². The minimum absolute atomic E-state index is 0.167. The molecule has 1 aliphatic carbocycles. The van der Waals surface area contributed by atoms with E-state index in [1.54, 1.807) is 16.5 Å². The van der Waals surface area contributed by atoms with Crippen LogP contribution in [0.4, 0.5) is 0 Å². The van der Waals surface area contributed by atoms with Gasteiger partial charge < -0.3 is 0 Å². The number of fused-ring (bicyclic) bond motifs is 2. The second kappa shape index (κ2) is 5.87. The summed E-state index contributed by atoms with van der Waals surface area (Å²) in [5, 5.41) is 6.13. The standard InChI is InChI=1S/C29H38/c1-14-15(2)18(5)23-22(17(14)4)21(8)27-25-24(23)19(6)16(3)20(7)26(25)28(9,10)13-29(27,11)12/h13H2,1-12H3. The Morgan fingerprint density at radius 3 is 1.21 bits per heavy atom. The van der Waals surface area contributed by atoms with Crippen molar-refractivity contribution in [2.45, 2.75) is 100 Å².